The van der Waals surface area contributed by atoms with E-state index in [4.69, 9.17) is 5.32 Å². The van der Waals surface area contributed by atoms with Gasteiger partial charge in [-0.3, -0.25) is 0 Å². The molecule has 0 aliphatic rings. The molecular formula is C26H44N2P2Pd+2. The zero-order chi connectivity index (χ0) is 21.9. The molecule has 0 aromatic heterocycles. The summed E-state index contributed by atoms with van der Waals surface area (Å²) < 4.78 is 0. The zero-order valence-corrected chi connectivity index (χ0v) is 24.7. The summed E-state index contributed by atoms with van der Waals surface area (Å²) in [5.74, 6) is 0. The summed E-state index contributed by atoms with van der Waals surface area (Å²) in [5, 5.41) is 8.36. The van der Waals surface area contributed by atoms with Crippen LogP contribution in [0.2, 0.25) is 0 Å². The molecule has 176 valence electrons. The molecule has 0 unspecified atom stereocenters. The fraction of sp³-hybridized carbons (Fsp3) is 0.538. The summed E-state index contributed by atoms with van der Waals surface area (Å²) in [4.78, 5) is 0. The molecule has 0 spiro atoms. The third kappa shape index (κ3) is 7.91. The van der Waals surface area contributed by atoms with Crippen molar-refractivity contribution in [3.05, 3.63) is 59.0 Å². The SMILES string of the molecule is Cc1ccc([N-]c2ccc(C)cc2[PH+](C(C)C)C(C)C)c([PH+](C(C)C)C(C)C)c1.[NH2-].[Pd+2]. The van der Waals surface area contributed by atoms with E-state index in [1.165, 1.54) is 33.1 Å². The van der Waals surface area contributed by atoms with Crippen molar-refractivity contribution >= 4 is 37.8 Å². The molecule has 0 saturated carbocycles. The van der Waals surface area contributed by atoms with Crippen molar-refractivity contribution in [1.29, 1.82) is 0 Å². The molecule has 2 aromatic rings. The molecule has 2 N–H and O–H groups in total. The molecular weight excluding hydrogens is 509 g/mol. The number of hydrogen-bond donors (Lipinski definition) is 0. The molecule has 2 rings (SSSR count). The Morgan fingerprint density at radius 3 is 1.13 bits per heavy atom. The van der Waals surface area contributed by atoms with Gasteiger partial charge in [-0.1, -0.05) is 35.6 Å². The summed E-state index contributed by atoms with van der Waals surface area (Å²) in [5.41, 5.74) is 7.87. The Labute approximate surface area is 208 Å². The van der Waals surface area contributed by atoms with Crippen molar-refractivity contribution in [1.82, 2.24) is 0 Å². The van der Waals surface area contributed by atoms with Crippen LogP contribution in [0.3, 0.4) is 0 Å². The Morgan fingerprint density at radius 1 is 0.581 bits per heavy atom. The van der Waals surface area contributed by atoms with Gasteiger partial charge < -0.3 is 11.5 Å². The molecule has 0 aliphatic heterocycles. The molecule has 0 aliphatic carbocycles. The average Bonchev–Trinajstić information content (AvgIpc) is 2.58. The quantitative estimate of drug-likeness (QED) is 0.232. The fourth-order valence-electron chi connectivity index (χ4n) is 4.66. The van der Waals surface area contributed by atoms with Crippen molar-refractivity contribution in [3.63, 3.8) is 0 Å². The number of aryl methyl sites for hydroxylation is 2. The van der Waals surface area contributed by atoms with Gasteiger partial charge >= 0.3 is 20.4 Å². The molecule has 2 aromatic carbocycles. The van der Waals surface area contributed by atoms with Crippen LogP contribution in [0.5, 0.6) is 0 Å². The van der Waals surface area contributed by atoms with Gasteiger partial charge in [0.05, 0.1) is 33.2 Å². The molecule has 0 heterocycles. The van der Waals surface area contributed by atoms with E-state index >= 15 is 0 Å². The van der Waals surface area contributed by atoms with E-state index in [0.717, 1.165) is 0 Å². The van der Waals surface area contributed by atoms with Crippen LogP contribution in [0.25, 0.3) is 11.5 Å². The summed E-state index contributed by atoms with van der Waals surface area (Å²) in [7, 11) is -1.37. The Morgan fingerprint density at radius 2 is 0.871 bits per heavy atom. The summed E-state index contributed by atoms with van der Waals surface area (Å²) in [6.07, 6.45) is 0. The van der Waals surface area contributed by atoms with Crippen molar-refractivity contribution in [3.8, 4) is 0 Å². The first-order valence-corrected chi connectivity index (χ1v) is 14.5. The third-order valence-electron chi connectivity index (χ3n) is 5.66. The molecule has 0 saturated heterocycles. The van der Waals surface area contributed by atoms with E-state index in [1.807, 2.05) is 0 Å². The monoisotopic (exact) mass is 552 g/mol. The summed E-state index contributed by atoms with van der Waals surface area (Å²) >= 11 is 0. The minimum absolute atomic E-state index is 0. The van der Waals surface area contributed by atoms with E-state index in [1.54, 1.807) is 0 Å². The van der Waals surface area contributed by atoms with Gasteiger partial charge in [-0.15, -0.1) is 0 Å². The van der Waals surface area contributed by atoms with Gasteiger partial charge in [-0.25, -0.2) is 0 Å². The van der Waals surface area contributed by atoms with Crippen LogP contribution in [0.1, 0.15) is 66.5 Å². The van der Waals surface area contributed by atoms with Crippen LogP contribution in [0, 0.1) is 13.8 Å². The van der Waals surface area contributed by atoms with Gasteiger partial charge in [0.1, 0.15) is 0 Å². The average molecular weight is 553 g/mol. The van der Waals surface area contributed by atoms with E-state index < -0.39 is 15.8 Å². The molecule has 0 fully saturated rings. The second-order valence-corrected chi connectivity index (χ2v) is 17.2. The van der Waals surface area contributed by atoms with Gasteiger partial charge in [-0.2, -0.15) is 0 Å². The van der Waals surface area contributed by atoms with Crippen molar-refractivity contribution in [2.24, 2.45) is 0 Å². The van der Waals surface area contributed by atoms with E-state index in [9.17, 15) is 0 Å². The van der Waals surface area contributed by atoms with Crippen LogP contribution in [-0.2, 0) is 20.4 Å². The normalized spacial score (nSPS) is 11.5. The summed E-state index contributed by atoms with van der Waals surface area (Å²) in [6, 6.07) is 13.8. The molecule has 31 heavy (non-hydrogen) atoms. The predicted molar refractivity (Wildman–Crippen MR) is 147 cm³/mol. The zero-order valence-electron chi connectivity index (χ0n) is 21.1. The number of hydrogen-bond acceptors (Lipinski definition) is 0. The van der Waals surface area contributed by atoms with Gasteiger partial charge in [0, 0.05) is 15.8 Å². The number of benzene rings is 2. The number of nitrogens with two attached hydrogens (primary N) is 1. The molecule has 0 radical (unpaired) electrons. The minimum atomic E-state index is -0.685. The molecule has 0 atom stereocenters. The Balaban J connectivity index is 0.00000450. The first-order valence-electron chi connectivity index (χ1n) is 11.2. The van der Waals surface area contributed by atoms with Crippen molar-refractivity contribution < 1.29 is 20.4 Å². The maximum absolute atomic E-state index is 5.35. The van der Waals surface area contributed by atoms with Crippen LogP contribution >= 0.6 is 15.8 Å². The van der Waals surface area contributed by atoms with E-state index in [2.05, 4.69) is 106 Å². The summed E-state index contributed by atoms with van der Waals surface area (Å²) in [6.45, 7) is 23.5. The predicted octanol–water partition coefficient (Wildman–Crippen LogP) is 8.67. The largest absolute Gasteiger partial charge is 2.00 e. The number of rotatable bonds is 8. The maximum atomic E-state index is 5.35. The minimum Gasteiger partial charge on any atom is -0.693 e. The van der Waals surface area contributed by atoms with Crippen LogP contribution in [-0.4, -0.2) is 22.6 Å². The number of nitrogens with zero attached hydrogens (tertiary/aromatic N) is 1. The first-order chi connectivity index (χ1) is 13.5. The maximum Gasteiger partial charge on any atom is 2.00 e. The van der Waals surface area contributed by atoms with Crippen LogP contribution < -0.4 is 10.6 Å². The Kier molecular flexibility index (Phi) is 13.3. The van der Waals surface area contributed by atoms with Crippen LogP contribution in [0.4, 0.5) is 11.4 Å². The Hall–Kier alpha value is -0.278. The van der Waals surface area contributed by atoms with Gasteiger partial charge in [0.25, 0.3) is 0 Å². The second-order valence-electron chi connectivity index (χ2n) is 9.68. The van der Waals surface area contributed by atoms with Crippen molar-refractivity contribution in [2.45, 2.75) is 91.9 Å². The van der Waals surface area contributed by atoms with Gasteiger partial charge in [-0.05, 0) is 92.5 Å². The van der Waals surface area contributed by atoms with Crippen molar-refractivity contribution in [2.75, 3.05) is 0 Å². The molecule has 2 nitrogen and oxygen atoms in total. The molecule has 0 amide bonds. The Bertz CT molecular complexity index is 736. The van der Waals surface area contributed by atoms with Gasteiger partial charge in [0.15, 0.2) is 0 Å². The van der Waals surface area contributed by atoms with E-state index in [-0.39, 0.29) is 26.6 Å². The molecule has 5 heteroatoms. The standard InChI is InChI=1S/C26H40NP2.H2N.Pd/c1-17(2)28(18(3)4)25-15-21(9)11-13-23(25)27-24-14-12-22(10)16-26(24)29(19(5)6)20(7)8;;/h11-20H,1-10H3;1H2;/q2*-1;+2/p+2. The molecule has 0 bridgehead atoms. The fourth-order valence-corrected chi connectivity index (χ4v) is 11.5. The topological polar surface area (TPSA) is 47.6 Å². The first kappa shape index (κ1) is 30.7. The third-order valence-corrected chi connectivity index (χ3v) is 12.7. The van der Waals surface area contributed by atoms with E-state index in [0.29, 0.717) is 22.6 Å². The van der Waals surface area contributed by atoms with Crippen LogP contribution in [0.15, 0.2) is 36.4 Å². The second kappa shape index (κ2) is 13.4. The smallest absolute Gasteiger partial charge is 0.693 e. The van der Waals surface area contributed by atoms with Gasteiger partial charge in [0.2, 0.25) is 0 Å².